The van der Waals surface area contributed by atoms with E-state index in [0.717, 1.165) is 17.6 Å². The van der Waals surface area contributed by atoms with Crippen LogP contribution in [0.1, 0.15) is 45.4 Å². The number of rotatable bonds is 9. The average molecular weight is 307 g/mol. The van der Waals surface area contributed by atoms with Gasteiger partial charge in [0.1, 0.15) is 0 Å². The zero-order chi connectivity index (χ0) is 15.9. The minimum atomic E-state index is 0.655. The molecule has 2 nitrogen and oxygen atoms in total. The van der Waals surface area contributed by atoms with Crippen molar-refractivity contribution in [3.8, 4) is 16.9 Å². The van der Waals surface area contributed by atoms with E-state index in [0.29, 0.717) is 6.61 Å². The summed E-state index contributed by atoms with van der Waals surface area (Å²) in [5.41, 5.74) is 4.86. The molecule has 0 bridgehead atoms. The highest BCUT2D eigenvalue weighted by atomic mass is 17.2. The number of benzene rings is 2. The van der Waals surface area contributed by atoms with Gasteiger partial charge >= 0.3 is 0 Å². The van der Waals surface area contributed by atoms with Crippen LogP contribution in [0.15, 0.2) is 42.5 Å². The molecule has 0 amide bonds. The summed E-state index contributed by atoms with van der Waals surface area (Å²) in [6, 6.07) is 14.6. The molecule has 119 valence electrons. The molecule has 3 heteroatoms. The number of unbranched alkanes of at least 4 members (excludes halogenated alkanes) is 5. The summed E-state index contributed by atoms with van der Waals surface area (Å²) in [6.45, 7) is 2.90. The Kier molecular flexibility index (Phi) is 5.76. The number of hydrogen-bond donors (Lipinski definition) is 0. The second-order valence-corrected chi connectivity index (χ2v) is 6.12. The van der Waals surface area contributed by atoms with Crippen LogP contribution in [0.25, 0.3) is 11.1 Å². The fourth-order valence-corrected chi connectivity index (χ4v) is 3.07. The zero-order valence-corrected chi connectivity index (χ0v) is 13.9. The molecular formula is C20H24BO2. The maximum Gasteiger partial charge on any atom is 0.198 e. The minimum Gasteiger partial charge on any atom is -0.338 e. The molecule has 1 radical (unpaired) electrons. The Morgan fingerprint density at radius 3 is 2.52 bits per heavy atom. The van der Waals surface area contributed by atoms with E-state index in [9.17, 15) is 0 Å². The van der Waals surface area contributed by atoms with E-state index in [1.165, 1.54) is 48.7 Å². The zero-order valence-electron chi connectivity index (χ0n) is 13.9. The van der Waals surface area contributed by atoms with Crippen molar-refractivity contribution in [2.45, 2.75) is 45.4 Å². The molecule has 0 aliphatic carbocycles. The van der Waals surface area contributed by atoms with Crippen LogP contribution in [0.2, 0.25) is 0 Å². The van der Waals surface area contributed by atoms with Gasteiger partial charge in [-0.1, -0.05) is 80.9 Å². The summed E-state index contributed by atoms with van der Waals surface area (Å²) in [5, 5.41) is 0. The van der Waals surface area contributed by atoms with Crippen molar-refractivity contribution in [1.82, 2.24) is 0 Å². The third-order valence-electron chi connectivity index (χ3n) is 4.35. The van der Waals surface area contributed by atoms with Crippen LogP contribution in [-0.2, 0) is 4.89 Å². The maximum absolute atomic E-state index is 5.58. The molecule has 2 aromatic carbocycles. The molecule has 0 atom stereocenters. The predicted octanol–water partition coefficient (Wildman–Crippen LogP) is 3.99. The number of hydrogen-bond acceptors (Lipinski definition) is 2. The Bertz CT molecular complexity index is 639. The van der Waals surface area contributed by atoms with E-state index in [4.69, 9.17) is 9.78 Å². The van der Waals surface area contributed by atoms with Gasteiger partial charge in [-0.3, -0.25) is 0 Å². The van der Waals surface area contributed by atoms with Crippen molar-refractivity contribution in [3.05, 3.63) is 42.5 Å². The van der Waals surface area contributed by atoms with Crippen LogP contribution in [0.5, 0.6) is 5.75 Å². The normalized spacial score (nSPS) is 11.7. The first-order valence-electron chi connectivity index (χ1n) is 8.77. The lowest BCUT2D eigenvalue weighted by Gasteiger charge is -2.09. The summed E-state index contributed by atoms with van der Waals surface area (Å²) >= 11 is 0. The molecule has 1 heterocycles. The van der Waals surface area contributed by atoms with E-state index >= 15 is 0 Å². The highest BCUT2D eigenvalue weighted by molar-refractivity contribution is 6.74. The second-order valence-electron chi connectivity index (χ2n) is 6.12. The van der Waals surface area contributed by atoms with Crippen molar-refractivity contribution in [1.29, 1.82) is 0 Å². The van der Waals surface area contributed by atoms with Crippen LogP contribution < -0.4 is 15.8 Å². The molecule has 0 N–H and O–H groups in total. The van der Waals surface area contributed by atoms with Crippen molar-refractivity contribution in [2.24, 2.45) is 0 Å². The number of fused-ring (bicyclic) bond motifs is 3. The maximum atomic E-state index is 5.58. The highest BCUT2D eigenvalue weighted by Gasteiger charge is 2.22. The fourth-order valence-electron chi connectivity index (χ4n) is 3.07. The molecule has 23 heavy (non-hydrogen) atoms. The van der Waals surface area contributed by atoms with Gasteiger partial charge in [0.15, 0.2) is 13.0 Å². The van der Waals surface area contributed by atoms with Crippen LogP contribution in [0.3, 0.4) is 0 Å². The quantitative estimate of drug-likeness (QED) is 0.257. The smallest absolute Gasteiger partial charge is 0.198 e. The van der Waals surface area contributed by atoms with E-state index in [-0.39, 0.29) is 0 Å². The Hall–Kier alpha value is -1.74. The lowest BCUT2D eigenvalue weighted by molar-refractivity contribution is -0.206. The van der Waals surface area contributed by atoms with Crippen LogP contribution in [-0.4, -0.2) is 13.9 Å². The van der Waals surface area contributed by atoms with E-state index in [1.54, 1.807) is 0 Å². The Labute approximate surface area is 140 Å². The van der Waals surface area contributed by atoms with Gasteiger partial charge in [0.25, 0.3) is 0 Å². The molecule has 1 aliphatic heterocycles. The minimum absolute atomic E-state index is 0.655. The lowest BCUT2D eigenvalue weighted by atomic mass is 9.67. The SMILES string of the molecule is CCCCCCCCOOc1cccc2c1[B]c1ccccc1-2. The monoisotopic (exact) mass is 307 g/mol. The first kappa shape index (κ1) is 16.1. The first-order chi connectivity index (χ1) is 11.4. The molecule has 0 aromatic heterocycles. The van der Waals surface area contributed by atoms with Crippen molar-refractivity contribution in [2.75, 3.05) is 6.61 Å². The Morgan fingerprint density at radius 2 is 1.61 bits per heavy atom. The molecule has 3 rings (SSSR count). The Morgan fingerprint density at radius 1 is 0.826 bits per heavy atom. The molecule has 2 aromatic rings. The molecule has 1 aliphatic rings. The fraction of sp³-hybridized carbons (Fsp3) is 0.400. The molecule has 0 unspecified atom stereocenters. The van der Waals surface area contributed by atoms with E-state index < -0.39 is 0 Å². The third kappa shape index (κ3) is 3.97. The van der Waals surface area contributed by atoms with Gasteiger partial charge in [0, 0.05) is 0 Å². The van der Waals surface area contributed by atoms with Gasteiger partial charge in [0.2, 0.25) is 0 Å². The van der Waals surface area contributed by atoms with Gasteiger partial charge in [-0.05, 0) is 29.1 Å². The van der Waals surface area contributed by atoms with E-state index in [1.807, 2.05) is 12.1 Å². The van der Waals surface area contributed by atoms with Gasteiger partial charge in [-0.15, -0.1) is 0 Å². The van der Waals surface area contributed by atoms with Crippen LogP contribution in [0.4, 0.5) is 0 Å². The average Bonchev–Trinajstić information content (AvgIpc) is 2.97. The molecule has 0 spiro atoms. The van der Waals surface area contributed by atoms with Crippen LogP contribution in [0, 0.1) is 0 Å². The van der Waals surface area contributed by atoms with Crippen molar-refractivity contribution < 1.29 is 9.78 Å². The second kappa shape index (κ2) is 8.21. The van der Waals surface area contributed by atoms with Crippen molar-refractivity contribution in [3.63, 3.8) is 0 Å². The summed E-state index contributed by atoms with van der Waals surface area (Å²) in [4.78, 5) is 11.0. The standard InChI is InChI=1S/C20H24BO2/c1-2-3-4-5-6-9-15-22-23-19-14-10-12-17-16-11-7-8-13-18(16)21-20(17)19/h7-8,10-14H,2-6,9,15H2,1H3. The largest absolute Gasteiger partial charge is 0.338 e. The Balaban J connectivity index is 1.49. The highest BCUT2D eigenvalue weighted by Crippen LogP contribution is 2.24. The summed E-state index contributed by atoms with van der Waals surface area (Å²) in [5.74, 6) is 0.810. The molecule has 0 saturated heterocycles. The molecular weight excluding hydrogens is 283 g/mol. The lowest BCUT2D eigenvalue weighted by Crippen LogP contribution is -2.23. The van der Waals surface area contributed by atoms with Crippen LogP contribution >= 0.6 is 0 Å². The van der Waals surface area contributed by atoms with Gasteiger partial charge in [-0.2, -0.15) is 4.89 Å². The van der Waals surface area contributed by atoms with Crippen molar-refractivity contribution >= 4 is 18.2 Å². The summed E-state index contributed by atoms with van der Waals surface area (Å²) < 4.78 is 0. The molecule has 0 fully saturated rings. The van der Waals surface area contributed by atoms with Gasteiger partial charge in [-0.25, -0.2) is 0 Å². The summed E-state index contributed by atoms with van der Waals surface area (Å²) in [7, 11) is 2.17. The van der Waals surface area contributed by atoms with Gasteiger partial charge in [0.05, 0.1) is 6.61 Å². The summed E-state index contributed by atoms with van der Waals surface area (Å²) in [6.07, 6.45) is 7.52. The first-order valence-corrected chi connectivity index (χ1v) is 8.77. The van der Waals surface area contributed by atoms with E-state index in [2.05, 4.69) is 44.5 Å². The third-order valence-corrected chi connectivity index (χ3v) is 4.35. The topological polar surface area (TPSA) is 18.5 Å². The van der Waals surface area contributed by atoms with Gasteiger partial charge < -0.3 is 4.89 Å². The molecule has 0 saturated carbocycles. The predicted molar refractivity (Wildman–Crippen MR) is 96.9 cm³/mol.